The van der Waals surface area contributed by atoms with E-state index in [1.54, 1.807) is 18.2 Å². The molecule has 3 heterocycles. The normalized spacial score (nSPS) is 11.9. The highest BCUT2D eigenvalue weighted by Gasteiger charge is 2.21. The Hall–Kier alpha value is -3.20. The number of benzene rings is 1. The zero-order valence-electron chi connectivity index (χ0n) is 17.7. The van der Waals surface area contributed by atoms with Crippen molar-refractivity contribution in [2.75, 3.05) is 17.6 Å². The molecule has 0 amide bonds. The molecule has 0 aliphatic carbocycles. The van der Waals surface area contributed by atoms with Gasteiger partial charge in [-0.1, -0.05) is 23.2 Å². The van der Waals surface area contributed by atoms with E-state index in [1.165, 1.54) is 23.2 Å². The molecule has 13 nitrogen and oxygen atoms in total. The number of rotatable bonds is 7. The van der Waals surface area contributed by atoms with Crippen molar-refractivity contribution in [3.8, 4) is 11.5 Å². The van der Waals surface area contributed by atoms with Crippen LogP contribution >= 0.6 is 23.2 Å². The van der Waals surface area contributed by atoms with E-state index in [-0.39, 0.29) is 42.0 Å². The van der Waals surface area contributed by atoms with Gasteiger partial charge >= 0.3 is 5.69 Å². The van der Waals surface area contributed by atoms with Crippen LogP contribution in [0.3, 0.4) is 0 Å². The number of hydrogen-bond donors (Lipinski definition) is 2. The fourth-order valence-electron chi connectivity index (χ4n) is 3.23. The van der Waals surface area contributed by atoms with Gasteiger partial charge in [-0.05, 0) is 18.2 Å². The Kier molecular flexibility index (Phi) is 6.24. The molecule has 0 aliphatic rings. The fourth-order valence-corrected chi connectivity index (χ4v) is 3.88. The molecule has 1 aromatic carbocycles. The second kappa shape index (κ2) is 8.87. The first-order valence-corrected chi connectivity index (χ1v) is 12.0. The highest BCUT2D eigenvalue weighted by molar-refractivity contribution is 7.85. The Labute approximate surface area is 201 Å². The van der Waals surface area contributed by atoms with Crippen molar-refractivity contribution in [2.45, 2.75) is 6.54 Å². The summed E-state index contributed by atoms with van der Waals surface area (Å²) < 4.78 is 40.4. The summed E-state index contributed by atoms with van der Waals surface area (Å²) in [5.41, 5.74) is -0.586. The SMILES string of the molecule is Cn1c(=O)c2c(nc(NCCS(=O)(=O)O)n2Cc2nnc(-c3ccc(Cl)c(Cl)c3)o2)n(C)c1=O. The minimum atomic E-state index is -4.24. The van der Waals surface area contributed by atoms with Crippen LogP contribution in [-0.4, -0.2) is 54.2 Å². The van der Waals surface area contributed by atoms with Crippen LogP contribution in [0.4, 0.5) is 5.95 Å². The number of anilines is 1. The lowest BCUT2D eigenvalue weighted by molar-refractivity contribution is 0.483. The minimum Gasteiger partial charge on any atom is -0.419 e. The van der Waals surface area contributed by atoms with E-state index in [1.807, 2.05) is 0 Å². The summed E-state index contributed by atoms with van der Waals surface area (Å²) in [4.78, 5) is 29.5. The Balaban J connectivity index is 1.78. The number of nitrogens with one attached hydrogen (secondary N) is 1. The highest BCUT2D eigenvalue weighted by atomic mass is 35.5. The van der Waals surface area contributed by atoms with Crippen molar-refractivity contribution in [3.63, 3.8) is 0 Å². The minimum absolute atomic E-state index is 0.0493. The van der Waals surface area contributed by atoms with Gasteiger partial charge < -0.3 is 9.73 Å². The van der Waals surface area contributed by atoms with Crippen LogP contribution in [0.2, 0.25) is 10.0 Å². The van der Waals surface area contributed by atoms with Gasteiger partial charge in [-0.2, -0.15) is 13.4 Å². The summed E-state index contributed by atoms with van der Waals surface area (Å²) in [6.45, 7) is -0.346. The van der Waals surface area contributed by atoms with Gasteiger partial charge in [0.15, 0.2) is 11.2 Å². The predicted molar refractivity (Wildman–Crippen MR) is 124 cm³/mol. The van der Waals surface area contributed by atoms with E-state index in [9.17, 15) is 18.0 Å². The molecule has 4 aromatic rings. The largest absolute Gasteiger partial charge is 0.419 e. The van der Waals surface area contributed by atoms with Crippen LogP contribution in [0.15, 0.2) is 32.2 Å². The Morgan fingerprint density at radius 1 is 1.12 bits per heavy atom. The lowest BCUT2D eigenvalue weighted by Gasteiger charge is -2.08. The Bertz CT molecular complexity index is 1640. The fraction of sp³-hybridized carbons (Fsp3) is 0.278. The summed E-state index contributed by atoms with van der Waals surface area (Å²) in [5, 5.41) is 11.4. The molecule has 0 bridgehead atoms. The molecular weight excluding hydrogens is 513 g/mol. The van der Waals surface area contributed by atoms with Gasteiger partial charge in [0.2, 0.25) is 17.7 Å². The van der Waals surface area contributed by atoms with Crippen molar-refractivity contribution < 1.29 is 17.4 Å². The van der Waals surface area contributed by atoms with Crippen molar-refractivity contribution >= 4 is 50.4 Å². The highest BCUT2D eigenvalue weighted by Crippen LogP contribution is 2.28. The molecule has 0 spiro atoms. The van der Waals surface area contributed by atoms with E-state index in [0.29, 0.717) is 15.6 Å². The zero-order chi connectivity index (χ0) is 24.8. The van der Waals surface area contributed by atoms with E-state index in [4.69, 9.17) is 32.2 Å². The van der Waals surface area contributed by atoms with Crippen molar-refractivity contribution in [2.24, 2.45) is 14.1 Å². The van der Waals surface area contributed by atoms with Gasteiger partial charge in [0.25, 0.3) is 15.7 Å². The third kappa shape index (κ3) is 4.57. The quantitative estimate of drug-likeness (QED) is 0.331. The molecule has 0 unspecified atom stereocenters. The molecule has 34 heavy (non-hydrogen) atoms. The number of fused-ring (bicyclic) bond motifs is 1. The van der Waals surface area contributed by atoms with Crippen molar-refractivity contribution in [1.29, 1.82) is 0 Å². The van der Waals surface area contributed by atoms with E-state index < -0.39 is 27.1 Å². The Morgan fingerprint density at radius 3 is 2.53 bits per heavy atom. The summed E-state index contributed by atoms with van der Waals surface area (Å²) >= 11 is 12.0. The van der Waals surface area contributed by atoms with Crippen LogP contribution in [-0.2, 0) is 30.8 Å². The van der Waals surface area contributed by atoms with E-state index >= 15 is 0 Å². The van der Waals surface area contributed by atoms with E-state index in [2.05, 4.69) is 20.5 Å². The first-order valence-electron chi connectivity index (χ1n) is 9.59. The molecule has 0 fully saturated rings. The van der Waals surface area contributed by atoms with Gasteiger partial charge in [-0.15, -0.1) is 10.2 Å². The smallest absolute Gasteiger partial charge is 0.332 e. The molecule has 0 saturated carbocycles. The summed E-state index contributed by atoms with van der Waals surface area (Å²) in [6, 6.07) is 4.78. The second-order valence-corrected chi connectivity index (χ2v) is 9.63. The molecule has 0 saturated heterocycles. The summed E-state index contributed by atoms with van der Waals surface area (Å²) in [7, 11) is -1.48. The molecule has 0 aliphatic heterocycles. The number of aromatic nitrogens is 6. The van der Waals surface area contributed by atoms with Crippen molar-refractivity contribution in [1.82, 2.24) is 28.9 Å². The van der Waals surface area contributed by atoms with Gasteiger partial charge in [0.1, 0.15) is 6.54 Å². The average Bonchev–Trinajstić information content (AvgIpc) is 3.37. The van der Waals surface area contributed by atoms with Crippen LogP contribution in [0.5, 0.6) is 0 Å². The second-order valence-electron chi connectivity index (χ2n) is 7.24. The maximum absolute atomic E-state index is 12.9. The number of nitrogens with zero attached hydrogens (tertiary/aromatic N) is 6. The molecule has 16 heteroatoms. The van der Waals surface area contributed by atoms with Gasteiger partial charge in [0, 0.05) is 26.2 Å². The van der Waals surface area contributed by atoms with Crippen LogP contribution in [0, 0.1) is 0 Å². The monoisotopic (exact) mass is 529 g/mol. The van der Waals surface area contributed by atoms with Crippen LogP contribution in [0.1, 0.15) is 5.89 Å². The molecular formula is C18H17Cl2N7O6S. The topological polar surface area (TPSA) is 167 Å². The van der Waals surface area contributed by atoms with Crippen molar-refractivity contribution in [3.05, 3.63) is 55.0 Å². The molecule has 4 rings (SSSR count). The number of halogens is 2. The standard InChI is InChI=1S/C18H17Cl2N7O6S/c1-25-14-13(16(28)26(2)18(25)29)27(17(22-14)21-5-6-34(30,31)32)8-12-23-24-15(33-12)9-3-4-10(19)11(20)7-9/h3-4,7H,5-6,8H2,1-2H3,(H,21,22)(H,30,31,32). The van der Waals surface area contributed by atoms with Gasteiger partial charge in [-0.3, -0.25) is 23.0 Å². The maximum atomic E-state index is 12.9. The number of imidazole rings is 1. The van der Waals surface area contributed by atoms with Crippen LogP contribution in [0.25, 0.3) is 22.6 Å². The van der Waals surface area contributed by atoms with Gasteiger partial charge in [0.05, 0.1) is 15.8 Å². The lowest BCUT2D eigenvalue weighted by Crippen LogP contribution is -2.37. The average molecular weight is 530 g/mol. The zero-order valence-corrected chi connectivity index (χ0v) is 20.0. The first kappa shape index (κ1) is 23.9. The Morgan fingerprint density at radius 2 is 1.85 bits per heavy atom. The van der Waals surface area contributed by atoms with Gasteiger partial charge in [-0.25, -0.2) is 4.79 Å². The summed E-state index contributed by atoms with van der Waals surface area (Å²) in [6.07, 6.45) is 0. The lowest BCUT2D eigenvalue weighted by atomic mass is 10.2. The van der Waals surface area contributed by atoms with Crippen LogP contribution < -0.4 is 16.6 Å². The molecule has 2 N–H and O–H groups in total. The first-order chi connectivity index (χ1) is 16.0. The molecule has 0 radical (unpaired) electrons. The summed E-state index contributed by atoms with van der Waals surface area (Å²) in [5.74, 6) is -0.297. The third-order valence-electron chi connectivity index (χ3n) is 4.92. The predicted octanol–water partition coefficient (Wildman–Crippen LogP) is 1.14. The number of aryl methyl sites for hydroxylation is 1. The molecule has 3 aromatic heterocycles. The third-order valence-corrected chi connectivity index (χ3v) is 6.38. The molecule has 0 atom stereocenters. The number of hydrogen-bond acceptors (Lipinski definition) is 9. The maximum Gasteiger partial charge on any atom is 0.332 e. The van der Waals surface area contributed by atoms with E-state index in [0.717, 1.165) is 4.57 Å². The molecule has 180 valence electrons.